The SMILES string of the molecule is CC(=O)Nc1ccc2c(cnn2S(=O)(=O)c2ccccc2)c1. The molecule has 1 amide bonds. The van der Waals surface area contributed by atoms with Gasteiger partial charge in [0, 0.05) is 18.0 Å². The summed E-state index contributed by atoms with van der Waals surface area (Å²) in [6, 6.07) is 13.1. The number of rotatable bonds is 3. The molecule has 1 heterocycles. The van der Waals surface area contributed by atoms with Gasteiger partial charge >= 0.3 is 0 Å². The number of aromatic nitrogens is 2. The summed E-state index contributed by atoms with van der Waals surface area (Å²) in [7, 11) is -3.74. The summed E-state index contributed by atoms with van der Waals surface area (Å²) in [6.45, 7) is 1.41. The van der Waals surface area contributed by atoms with Gasteiger partial charge < -0.3 is 5.32 Å². The fraction of sp³-hybridized carbons (Fsp3) is 0.0667. The van der Waals surface area contributed by atoms with Crippen molar-refractivity contribution in [3.8, 4) is 0 Å². The maximum absolute atomic E-state index is 12.6. The summed E-state index contributed by atoms with van der Waals surface area (Å²) >= 11 is 0. The van der Waals surface area contributed by atoms with E-state index in [1.807, 2.05) is 0 Å². The van der Waals surface area contributed by atoms with Gasteiger partial charge in [-0.2, -0.15) is 17.6 Å². The average Bonchev–Trinajstić information content (AvgIpc) is 2.91. The van der Waals surface area contributed by atoms with E-state index < -0.39 is 10.0 Å². The normalized spacial score (nSPS) is 11.5. The van der Waals surface area contributed by atoms with Gasteiger partial charge in [0.2, 0.25) is 5.91 Å². The standard InChI is InChI=1S/C15H13N3O3S/c1-11(19)17-13-7-8-15-12(9-13)10-16-18(15)22(20,21)14-5-3-2-4-6-14/h2-10H,1H3,(H,17,19). The number of anilines is 1. The Morgan fingerprint density at radius 3 is 2.55 bits per heavy atom. The lowest BCUT2D eigenvalue weighted by Gasteiger charge is -2.06. The number of amides is 1. The lowest BCUT2D eigenvalue weighted by Crippen LogP contribution is -2.14. The van der Waals surface area contributed by atoms with E-state index in [0.717, 1.165) is 4.09 Å². The number of hydrogen-bond acceptors (Lipinski definition) is 4. The minimum Gasteiger partial charge on any atom is -0.326 e. The highest BCUT2D eigenvalue weighted by molar-refractivity contribution is 7.90. The lowest BCUT2D eigenvalue weighted by molar-refractivity contribution is -0.114. The number of hydrogen-bond donors (Lipinski definition) is 1. The van der Waals surface area contributed by atoms with Crippen LogP contribution >= 0.6 is 0 Å². The molecule has 0 unspecified atom stereocenters. The number of nitrogens with one attached hydrogen (secondary N) is 1. The van der Waals surface area contributed by atoms with Gasteiger partial charge in [0.1, 0.15) is 0 Å². The van der Waals surface area contributed by atoms with Crippen LogP contribution in [0.2, 0.25) is 0 Å². The zero-order valence-corrected chi connectivity index (χ0v) is 12.5. The molecule has 0 fully saturated rings. The number of fused-ring (bicyclic) bond motifs is 1. The summed E-state index contributed by atoms with van der Waals surface area (Å²) in [5.41, 5.74) is 1.05. The molecule has 0 aliphatic rings. The zero-order chi connectivity index (χ0) is 15.7. The Morgan fingerprint density at radius 2 is 1.86 bits per heavy atom. The van der Waals surface area contributed by atoms with Crippen molar-refractivity contribution in [2.75, 3.05) is 5.32 Å². The van der Waals surface area contributed by atoms with E-state index in [2.05, 4.69) is 10.4 Å². The molecular formula is C15H13N3O3S. The molecule has 2 aromatic carbocycles. The maximum atomic E-state index is 12.6. The summed E-state index contributed by atoms with van der Waals surface area (Å²) in [6.07, 6.45) is 1.46. The van der Waals surface area contributed by atoms with E-state index in [1.165, 1.54) is 25.3 Å². The highest BCUT2D eigenvalue weighted by Crippen LogP contribution is 2.23. The van der Waals surface area contributed by atoms with Crippen molar-refractivity contribution >= 4 is 32.5 Å². The molecule has 22 heavy (non-hydrogen) atoms. The van der Waals surface area contributed by atoms with Crippen LogP contribution in [0.4, 0.5) is 5.69 Å². The predicted octanol–water partition coefficient (Wildman–Crippen LogP) is 2.23. The van der Waals surface area contributed by atoms with E-state index >= 15 is 0 Å². The van der Waals surface area contributed by atoms with Crippen LogP contribution in [0.3, 0.4) is 0 Å². The molecule has 0 spiro atoms. The minimum absolute atomic E-state index is 0.172. The van der Waals surface area contributed by atoms with Gasteiger partial charge in [0.05, 0.1) is 16.6 Å². The Bertz CT molecular complexity index is 947. The van der Waals surface area contributed by atoms with Crippen LogP contribution in [-0.2, 0) is 14.8 Å². The molecule has 1 aromatic heterocycles. The van der Waals surface area contributed by atoms with Crippen molar-refractivity contribution in [3.63, 3.8) is 0 Å². The van der Waals surface area contributed by atoms with Gasteiger partial charge in [-0.05, 0) is 30.3 Å². The van der Waals surface area contributed by atoms with Crippen LogP contribution in [0, 0.1) is 0 Å². The topological polar surface area (TPSA) is 81.1 Å². The first kappa shape index (κ1) is 14.3. The molecule has 3 aromatic rings. The fourth-order valence-corrected chi connectivity index (χ4v) is 3.47. The van der Waals surface area contributed by atoms with Crippen molar-refractivity contribution in [1.82, 2.24) is 9.19 Å². The van der Waals surface area contributed by atoms with Crippen molar-refractivity contribution in [3.05, 3.63) is 54.7 Å². The fourth-order valence-electron chi connectivity index (χ4n) is 2.17. The second-order valence-corrected chi connectivity index (χ2v) is 6.53. The molecule has 112 valence electrons. The Hall–Kier alpha value is -2.67. The third-order valence-electron chi connectivity index (χ3n) is 3.12. The second kappa shape index (κ2) is 5.27. The van der Waals surface area contributed by atoms with Gasteiger partial charge in [-0.1, -0.05) is 18.2 Å². The van der Waals surface area contributed by atoms with E-state index in [4.69, 9.17) is 0 Å². The summed E-state index contributed by atoms with van der Waals surface area (Å²) < 4.78 is 26.2. The monoisotopic (exact) mass is 315 g/mol. The highest BCUT2D eigenvalue weighted by Gasteiger charge is 2.20. The van der Waals surface area contributed by atoms with Gasteiger partial charge in [0.25, 0.3) is 10.0 Å². The van der Waals surface area contributed by atoms with Crippen molar-refractivity contribution in [1.29, 1.82) is 0 Å². The Kier molecular flexibility index (Phi) is 3.42. The van der Waals surface area contributed by atoms with Gasteiger partial charge in [0.15, 0.2) is 0 Å². The Morgan fingerprint density at radius 1 is 1.14 bits per heavy atom. The first-order chi connectivity index (χ1) is 10.5. The third-order valence-corrected chi connectivity index (χ3v) is 4.74. The molecule has 6 nitrogen and oxygen atoms in total. The van der Waals surface area contributed by atoms with Crippen LogP contribution in [0.25, 0.3) is 10.9 Å². The molecule has 0 radical (unpaired) electrons. The molecule has 0 saturated carbocycles. The molecule has 1 N–H and O–H groups in total. The van der Waals surface area contributed by atoms with Crippen LogP contribution in [-0.4, -0.2) is 23.5 Å². The highest BCUT2D eigenvalue weighted by atomic mass is 32.2. The molecule has 0 aliphatic heterocycles. The van der Waals surface area contributed by atoms with Crippen molar-refractivity contribution in [2.24, 2.45) is 0 Å². The van der Waals surface area contributed by atoms with E-state index in [9.17, 15) is 13.2 Å². The van der Waals surface area contributed by atoms with Crippen LogP contribution < -0.4 is 5.32 Å². The number of nitrogens with zero attached hydrogens (tertiary/aromatic N) is 2. The lowest BCUT2D eigenvalue weighted by atomic mass is 10.2. The molecule has 3 rings (SSSR count). The third kappa shape index (κ3) is 2.46. The number of carbonyl (C=O) groups is 1. The summed E-state index contributed by atoms with van der Waals surface area (Å²) in [5, 5.41) is 7.26. The van der Waals surface area contributed by atoms with Gasteiger partial charge in [-0.3, -0.25) is 4.79 Å². The van der Waals surface area contributed by atoms with Gasteiger partial charge in [-0.15, -0.1) is 0 Å². The zero-order valence-electron chi connectivity index (χ0n) is 11.7. The predicted molar refractivity (Wildman–Crippen MR) is 83.1 cm³/mol. The smallest absolute Gasteiger partial charge is 0.283 e. The maximum Gasteiger partial charge on any atom is 0.283 e. The van der Waals surface area contributed by atoms with E-state index in [-0.39, 0.29) is 10.8 Å². The van der Waals surface area contributed by atoms with Crippen LogP contribution in [0.5, 0.6) is 0 Å². The Balaban J connectivity index is 2.11. The minimum atomic E-state index is -3.74. The molecule has 0 saturated heterocycles. The largest absolute Gasteiger partial charge is 0.326 e. The van der Waals surface area contributed by atoms with Crippen LogP contribution in [0.1, 0.15) is 6.92 Å². The second-order valence-electron chi connectivity index (χ2n) is 4.76. The van der Waals surface area contributed by atoms with Gasteiger partial charge in [-0.25, -0.2) is 0 Å². The number of carbonyl (C=O) groups excluding carboxylic acids is 1. The number of benzene rings is 2. The van der Waals surface area contributed by atoms with Crippen LogP contribution in [0.15, 0.2) is 59.6 Å². The molecule has 7 heteroatoms. The molecular weight excluding hydrogens is 302 g/mol. The first-order valence-electron chi connectivity index (χ1n) is 6.54. The molecule has 0 atom stereocenters. The van der Waals surface area contributed by atoms with Crippen molar-refractivity contribution in [2.45, 2.75) is 11.8 Å². The summed E-state index contributed by atoms with van der Waals surface area (Å²) in [5.74, 6) is -0.191. The molecule has 0 bridgehead atoms. The van der Waals surface area contributed by atoms with Crippen molar-refractivity contribution < 1.29 is 13.2 Å². The Labute approximate surface area is 127 Å². The van der Waals surface area contributed by atoms with E-state index in [1.54, 1.807) is 36.4 Å². The summed E-state index contributed by atoms with van der Waals surface area (Å²) in [4.78, 5) is 11.2. The average molecular weight is 315 g/mol. The molecule has 0 aliphatic carbocycles. The quantitative estimate of drug-likeness (QED) is 0.803. The first-order valence-corrected chi connectivity index (χ1v) is 7.98. The van der Waals surface area contributed by atoms with E-state index in [0.29, 0.717) is 16.6 Å².